The normalized spacial score (nSPS) is 18.5. The van der Waals surface area contributed by atoms with Gasteiger partial charge >= 0.3 is 12.0 Å². The van der Waals surface area contributed by atoms with Crippen molar-refractivity contribution in [3.63, 3.8) is 0 Å². The van der Waals surface area contributed by atoms with Crippen LogP contribution in [0.15, 0.2) is 35.3 Å². The summed E-state index contributed by atoms with van der Waals surface area (Å²) in [5.41, 5.74) is 2.13. The van der Waals surface area contributed by atoms with E-state index in [0.29, 0.717) is 17.8 Å². The average molecular weight is 318 g/mol. The van der Waals surface area contributed by atoms with Crippen LogP contribution in [0.4, 0.5) is 4.79 Å². The maximum atomic E-state index is 12.4. The molecule has 126 valence electrons. The van der Waals surface area contributed by atoms with Gasteiger partial charge in [0.15, 0.2) is 0 Å². The maximum Gasteiger partial charge on any atom is 0.338 e. The van der Waals surface area contributed by atoms with Crippen molar-refractivity contribution >= 4 is 12.0 Å². The van der Waals surface area contributed by atoms with Gasteiger partial charge in [-0.25, -0.2) is 9.59 Å². The minimum Gasteiger partial charge on any atom is -0.423 e. The molecule has 1 saturated carbocycles. The third-order valence-corrected chi connectivity index (χ3v) is 4.38. The van der Waals surface area contributed by atoms with Crippen LogP contribution in [-0.2, 0) is 9.53 Å². The number of carbonyl (C=O) groups excluding carboxylic acids is 2. The van der Waals surface area contributed by atoms with Gasteiger partial charge < -0.3 is 15.0 Å². The van der Waals surface area contributed by atoms with E-state index in [4.69, 9.17) is 4.74 Å². The summed E-state index contributed by atoms with van der Waals surface area (Å²) < 4.78 is 5.30. The van der Waals surface area contributed by atoms with Crippen LogP contribution in [0.2, 0.25) is 0 Å². The third-order valence-electron chi connectivity index (χ3n) is 4.38. The quantitative estimate of drug-likeness (QED) is 0.636. The Balaban J connectivity index is 1.94. The Labute approximate surface area is 138 Å². The summed E-state index contributed by atoms with van der Waals surface area (Å²) in [7, 11) is 1.75. The molecule has 0 radical (unpaired) electrons. The van der Waals surface area contributed by atoms with Crippen molar-refractivity contribution in [1.82, 2.24) is 10.2 Å². The Hall–Kier alpha value is -2.04. The predicted octanol–water partition coefficient (Wildman–Crippen LogP) is 3.64. The minimum absolute atomic E-state index is 0.0940. The summed E-state index contributed by atoms with van der Waals surface area (Å²) in [6.07, 6.45) is 8.09. The van der Waals surface area contributed by atoms with E-state index in [1.165, 1.54) is 19.3 Å². The molecule has 2 aliphatic carbocycles. The monoisotopic (exact) mass is 318 g/mol. The summed E-state index contributed by atoms with van der Waals surface area (Å²) in [6.45, 7) is 7.09. The zero-order valence-electron chi connectivity index (χ0n) is 14.3. The van der Waals surface area contributed by atoms with Gasteiger partial charge in [0.2, 0.25) is 0 Å². The van der Waals surface area contributed by atoms with Crippen molar-refractivity contribution in [2.45, 2.75) is 58.4 Å². The van der Waals surface area contributed by atoms with Gasteiger partial charge in [-0.05, 0) is 32.3 Å². The molecule has 0 bridgehead atoms. The van der Waals surface area contributed by atoms with Crippen molar-refractivity contribution in [1.29, 1.82) is 0 Å². The largest absolute Gasteiger partial charge is 0.423 e. The van der Waals surface area contributed by atoms with Crippen LogP contribution in [0.1, 0.15) is 52.4 Å². The fourth-order valence-electron chi connectivity index (χ4n) is 2.85. The van der Waals surface area contributed by atoms with Gasteiger partial charge in [-0.1, -0.05) is 25.8 Å². The number of hydrogen-bond donors (Lipinski definition) is 1. The van der Waals surface area contributed by atoms with Gasteiger partial charge in [0.1, 0.15) is 5.76 Å². The first-order chi connectivity index (χ1) is 10.9. The van der Waals surface area contributed by atoms with Crippen molar-refractivity contribution in [3.05, 3.63) is 35.3 Å². The smallest absolute Gasteiger partial charge is 0.338 e. The highest BCUT2D eigenvalue weighted by Gasteiger charge is 2.24. The summed E-state index contributed by atoms with van der Waals surface area (Å²) in [5.74, 6) is 0.0801. The van der Waals surface area contributed by atoms with Gasteiger partial charge in [-0.2, -0.15) is 0 Å². The number of ether oxygens (including phenoxy) is 1. The maximum absolute atomic E-state index is 12.4. The van der Waals surface area contributed by atoms with E-state index in [1.54, 1.807) is 24.9 Å². The van der Waals surface area contributed by atoms with Crippen molar-refractivity contribution in [2.24, 2.45) is 0 Å². The molecule has 0 spiro atoms. The summed E-state index contributed by atoms with van der Waals surface area (Å²) in [6, 6.07) is 0.180. The Morgan fingerprint density at radius 1 is 1.30 bits per heavy atom. The Morgan fingerprint density at radius 3 is 2.57 bits per heavy atom. The molecule has 0 aliphatic heterocycles. The molecule has 0 aromatic heterocycles. The lowest BCUT2D eigenvalue weighted by atomic mass is 9.96. The molecular weight excluding hydrogens is 292 g/mol. The topological polar surface area (TPSA) is 58.6 Å². The third kappa shape index (κ3) is 4.47. The van der Waals surface area contributed by atoms with Crippen LogP contribution in [0.25, 0.3) is 0 Å². The first kappa shape index (κ1) is 17.3. The Kier molecular flexibility index (Phi) is 5.64. The van der Waals surface area contributed by atoms with Gasteiger partial charge in [0, 0.05) is 36.9 Å². The molecule has 0 aromatic rings. The van der Waals surface area contributed by atoms with Crippen molar-refractivity contribution < 1.29 is 14.3 Å². The number of nitrogens with one attached hydrogen (secondary N) is 1. The molecule has 0 heterocycles. The van der Waals surface area contributed by atoms with Crippen molar-refractivity contribution in [2.75, 3.05) is 7.05 Å². The lowest BCUT2D eigenvalue weighted by molar-refractivity contribution is -0.134. The fourth-order valence-corrected chi connectivity index (χ4v) is 2.85. The number of urea groups is 1. The van der Waals surface area contributed by atoms with E-state index in [0.717, 1.165) is 24.1 Å². The van der Waals surface area contributed by atoms with E-state index in [2.05, 4.69) is 11.9 Å². The van der Waals surface area contributed by atoms with Gasteiger partial charge in [0.05, 0.1) is 0 Å². The molecule has 2 aliphatic rings. The van der Waals surface area contributed by atoms with E-state index in [1.807, 2.05) is 6.92 Å². The van der Waals surface area contributed by atoms with Crippen LogP contribution in [0.5, 0.6) is 0 Å². The zero-order chi connectivity index (χ0) is 17.0. The Morgan fingerprint density at radius 2 is 1.96 bits per heavy atom. The molecule has 2 amide bonds. The van der Waals surface area contributed by atoms with Crippen LogP contribution < -0.4 is 5.32 Å². The van der Waals surface area contributed by atoms with Gasteiger partial charge in [-0.15, -0.1) is 0 Å². The fraction of sp³-hybridized carbons (Fsp3) is 0.556. The summed E-state index contributed by atoms with van der Waals surface area (Å²) in [4.78, 5) is 25.6. The standard InChI is InChI=1S/C18H26N2O3/c1-12(2)17(21)23-16-11-15(10-13(16)3)20(4)18(22)19-14-8-6-5-7-9-14/h11,14H,1,5-10H2,2-4H3,(H,19,22). The second-order valence-electron chi connectivity index (χ2n) is 6.47. The molecule has 5 heteroatoms. The van der Waals surface area contributed by atoms with E-state index in [9.17, 15) is 9.59 Å². The minimum atomic E-state index is -0.439. The van der Waals surface area contributed by atoms with E-state index in [-0.39, 0.29) is 12.1 Å². The average Bonchev–Trinajstić information content (AvgIpc) is 2.88. The van der Waals surface area contributed by atoms with Crippen LogP contribution >= 0.6 is 0 Å². The first-order valence-electron chi connectivity index (χ1n) is 8.20. The second kappa shape index (κ2) is 7.49. The highest BCUT2D eigenvalue weighted by Crippen LogP contribution is 2.28. The molecule has 0 unspecified atom stereocenters. The summed E-state index contributed by atoms with van der Waals surface area (Å²) in [5, 5.41) is 3.09. The number of amides is 2. The SMILES string of the molecule is C=C(C)C(=O)OC1=C(C)CC(N(C)C(=O)NC2CCCCC2)=C1. The predicted molar refractivity (Wildman–Crippen MR) is 89.5 cm³/mol. The van der Waals surface area contributed by atoms with E-state index < -0.39 is 5.97 Å². The number of allylic oxidation sites excluding steroid dienone is 2. The molecule has 0 aromatic carbocycles. The van der Waals surface area contributed by atoms with Crippen LogP contribution in [-0.4, -0.2) is 30.0 Å². The van der Waals surface area contributed by atoms with E-state index >= 15 is 0 Å². The lowest BCUT2D eigenvalue weighted by Gasteiger charge is -2.26. The van der Waals surface area contributed by atoms with Crippen molar-refractivity contribution in [3.8, 4) is 0 Å². The number of carbonyl (C=O) groups is 2. The molecule has 23 heavy (non-hydrogen) atoms. The molecule has 0 saturated heterocycles. The van der Waals surface area contributed by atoms with Crippen LogP contribution in [0, 0.1) is 0 Å². The molecule has 5 nitrogen and oxygen atoms in total. The molecule has 2 rings (SSSR count). The van der Waals surface area contributed by atoms with Crippen LogP contribution in [0.3, 0.4) is 0 Å². The number of rotatable bonds is 4. The number of esters is 1. The van der Waals surface area contributed by atoms with Gasteiger partial charge in [-0.3, -0.25) is 0 Å². The highest BCUT2D eigenvalue weighted by atomic mass is 16.5. The Bertz CT molecular complexity index is 569. The zero-order valence-corrected chi connectivity index (χ0v) is 14.3. The second-order valence-corrected chi connectivity index (χ2v) is 6.47. The molecule has 0 atom stereocenters. The first-order valence-corrected chi connectivity index (χ1v) is 8.20. The molecule has 1 N–H and O–H groups in total. The summed E-state index contributed by atoms with van der Waals surface area (Å²) >= 11 is 0. The molecule has 1 fully saturated rings. The van der Waals surface area contributed by atoms with Gasteiger partial charge in [0.25, 0.3) is 0 Å². The number of hydrogen-bond acceptors (Lipinski definition) is 3. The number of nitrogens with zero attached hydrogens (tertiary/aromatic N) is 1. The lowest BCUT2D eigenvalue weighted by Crippen LogP contribution is -2.43. The molecular formula is C18H26N2O3. The highest BCUT2D eigenvalue weighted by molar-refractivity contribution is 5.88.